The van der Waals surface area contributed by atoms with E-state index >= 15 is 0 Å². The first-order valence-corrected chi connectivity index (χ1v) is 7.70. The van der Waals surface area contributed by atoms with Crippen molar-refractivity contribution < 1.29 is 24.4 Å². The molecule has 0 bridgehead atoms. The van der Waals surface area contributed by atoms with E-state index in [0.29, 0.717) is 18.8 Å². The molecule has 2 amide bonds. The topological polar surface area (TPSA) is 118 Å². The van der Waals surface area contributed by atoms with Crippen LogP contribution in [0.3, 0.4) is 0 Å². The lowest BCUT2D eigenvalue weighted by Gasteiger charge is -2.25. The Morgan fingerprint density at radius 1 is 1.25 bits per heavy atom. The van der Waals surface area contributed by atoms with Gasteiger partial charge in [-0.3, -0.25) is 19.7 Å². The maximum absolute atomic E-state index is 12.7. The highest BCUT2D eigenvalue weighted by Gasteiger charge is 2.50. The van der Waals surface area contributed by atoms with E-state index in [1.165, 1.54) is 0 Å². The molecular formula is C16H16N2O6. The van der Waals surface area contributed by atoms with Gasteiger partial charge in [0.15, 0.2) is 0 Å². The van der Waals surface area contributed by atoms with Crippen LogP contribution in [0.4, 0.5) is 11.4 Å². The summed E-state index contributed by atoms with van der Waals surface area (Å²) in [6.45, 7) is 2.01. The lowest BCUT2D eigenvalue weighted by molar-refractivity contribution is -0.384. The monoisotopic (exact) mass is 332 g/mol. The standard InChI is InChI=1S/C16H16N2O6/c1-8-2-4-10-12(6-8)15(20)17(14(10)19)13-7-9(18(23)24)3-5-11(13)16(21)22/h3,5,7-8,10,12H,2,4,6H2,1H3,(H,21,22)/t8-,10-,12+/m1/s1. The van der Waals surface area contributed by atoms with Gasteiger partial charge in [-0.25, -0.2) is 9.69 Å². The van der Waals surface area contributed by atoms with Crippen LogP contribution in [-0.4, -0.2) is 27.8 Å². The number of amides is 2. The summed E-state index contributed by atoms with van der Waals surface area (Å²) in [7, 11) is 0. The van der Waals surface area contributed by atoms with Crippen molar-refractivity contribution in [1.82, 2.24) is 0 Å². The van der Waals surface area contributed by atoms with Gasteiger partial charge >= 0.3 is 5.97 Å². The highest BCUT2D eigenvalue weighted by atomic mass is 16.6. The van der Waals surface area contributed by atoms with Crippen molar-refractivity contribution in [2.24, 2.45) is 17.8 Å². The number of carboxylic acid groups (broad SMARTS) is 1. The molecule has 0 radical (unpaired) electrons. The number of imide groups is 1. The normalized spacial score (nSPS) is 26.4. The second kappa shape index (κ2) is 5.70. The minimum atomic E-state index is -1.34. The molecule has 126 valence electrons. The molecule has 8 heteroatoms. The van der Waals surface area contributed by atoms with Crippen molar-refractivity contribution in [2.75, 3.05) is 4.90 Å². The van der Waals surface area contributed by atoms with Gasteiger partial charge in [-0.05, 0) is 31.2 Å². The van der Waals surface area contributed by atoms with Crippen molar-refractivity contribution in [3.63, 3.8) is 0 Å². The van der Waals surface area contributed by atoms with Crippen LogP contribution in [0.15, 0.2) is 18.2 Å². The second-order valence-electron chi connectivity index (χ2n) is 6.41. The number of non-ortho nitro benzene ring substituents is 1. The van der Waals surface area contributed by atoms with Crippen molar-refractivity contribution >= 4 is 29.2 Å². The van der Waals surface area contributed by atoms with Crippen LogP contribution in [0.25, 0.3) is 0 Å². The van der Waals surface area contributed by atoms with Crippen LogP contribution < -0.4 is 4.90 Å². The van der Waals surface area contributed by atoms with E-state index < -0.39 is 34.5 Å². The zero-order valence-electron chi connectivity index (χ0n) is 13.0. The van der Waals surface area contributed by atoms with Gasteiger partial charge in [0, 0.05) is 12.1 Å². The molecule has 1 aromatic rings. The third-order valence-electron chi connectivity index (χ3n) is 4.85. The van der Waals surface area contributed by atoms with Gasteiger partial charge in [-0.15, -0.1) is 0 Å². The maximum atomic E-state index is 12.7. The number of rotatable bonds is 3. The van der Waals surface area contributed by atoms with E-state index in [9.17, 15) is 29.6 Å². The highest BCUT2D eigenvalue weighted by molar-refractivity contribution is 6.24. The molecule has 1 aromatic carbocycles. The number of anilines is 1. The number of carbonyl (C=O) groups excluding carboxylic acids is 2. The summed E-state index contributed by atoms with van der Waals surface area (Å²) >= 11 is 0. The number of nitro benzene ring substituents is 1. The predicted molar refractivity (Wildman–Crippen MR) is 82.5 cm³/mol. The predicted octanol–water partition coefficient (Wildman–Crippen LogP) is 2.22. The van der Waals surface area contributed by atoms with E-state index in [1.807, 2.05) is 6.92 Å². The van der Waals surface area contributed by atoms with Gasteiger partial charge < -0.3 is 5.11 Å². The van der Waals surface area contributed by atoms with E-state index in [-0.39, 0.29) is 16.9 Å². The molecule has 0 unspecified atom stereocenters. The first-order valence-electron chi connectivity index (χ1n) is 7.70. The molecule has 1 saturated carbocycles. The molecule has 2 fully saturated rings. The summed E-state index contributed by atoms with van der Waals surface area (Å²) in [5, 5.41) is 20.3. The summed E-state index contributed by atoms with van der Waals surface area (Å²) in [6.07, 6.45) is 1.97. The lowest BCUT2D eigenvalue weighted by atomic mass is 9.76. The molecule has 1 aliphatic carbocycles. The number of carbonyl (C=O) groups is 3. The minimum absolute atomic E-state index is 0.214. The maximum Gasteiger partial charge on any atom is 0.337 e. The number of carboxylic acids is 1. The Kier molecular flexibility index (Phi) is 3.82. The quantitative estimate of drug-likeness (QED) is 0.515. The smallest absolute Gasteiger partial charge is 0.337 e. The van der Waals surface area contributed by atoms with Crippen LogP contribution in [0, 0.1) is 27.9 Å². The molecular weight excluding hydrogens is 316 g/mol. The summed E-state index contributed by atoms with van der Waals surface area (Å²) in [6, 6.07) is 3.09. The molecule has 1 heterocycles. The number of fused-ring (bicyclic) bond motifs is 1. The first kappa shape index (κ1) is 16.1. The fraction of sp³-hybridized carbons (Fsp3) is 0.438. The number of benzene rings is 1. The molecule has 2 aliphatic rings. The van der Waals surface area contributed by atoms with E-state index in [2.05, 4.69) is 0 Å². The molecule has 24 heavy (non-hydrogen) atoms. The first-order chi connectivity index (χ1) is 11.3. The van der Waals surface area contributed by atoms with Gasteiger partial charge in [-0.2, -0.15) is 0 Å². The highest BCUT2D eigenvalue weighted by Crippen LogP contribution is 2.43. The Morgan fingerprint density at radius 2 is 1.92 bits per heavy atom. The largest absolute Gasteiger partial charge is 0.478 e. The molecule has 1 N–H and O–H groups in total. The van der Waals surface area contributed by atoms with E-state index in [1.54, 1.807) is 0 Å². The fourth-order valence-electron chi connectivity index (χ4n) is 3.63. The van der Waals surface area contributed by atoms with Crippen LogP contribution in [-0.2, 0) is 9.59 Å². The minimum Gasteiger partial charge on any atom is -0.478 e. The average Bonchev–Trinajstić information content (AvgIpc) is 2.77. The number of aromatic carboxylic acids is 1. The van der Waals surface area contributed by atoms with Gasteiger partial charge in [0.1, 0.15) is 0 Å². The molecule has 8 nitrogen and oxygen atoms in total. The lowest BCUT2D eigenvalue weighted by Crippen LogP contribution is -2.32. The number of nitro groups is 1. The summed E-state index contributed by atoms with van der Waals surface area (Å²) in [5.41, 5.74) is -0.874. The summed E-state index contributed by atoms with van der Waals surface area (Å²) < 4.78 is 0. The van der Waals surface area contributed by atoms with Crippen LogP contribution in [0.2, 0.25) is 0 Å². The van der Waals surface area contributed by atoms with Gasteiger partial charge in [-0.1, -0.05) is 6.92 Å². The Morgan fingerprint density at radius 3 is 2.54 bits per heavy atom. The van der Waals surface area contributed by atoms with E-state index in [0.717, 1.165) is 29.5 Å². The third kappa shape index (κ3) is 2.44. The van der Waals surface area contributed by atoms with Crippen molar-refractivity contribution in [1.29, 1.82) is 0 Å². The molecule has 3 rings (SSSR count). The SMILES string of the molecule is C[C@@H]1CC[C@H]2C(=O)N(c3cc([N+](=O)[O-])ccc3C(=O)O)C(=O)[C@H]2C1. The Balaban J connectivity index is 2.09. The third-order valence-corrected chi connectivity index (χ3v) is 4.85. The van der Waals surface area contributed by atoms with Crippen molar-refractivity contribution in [2.45, 2.75) is 26.2 Å². The zero-order chi connectivity index (χ0) is 17.6. The Hall–Kier alpha value is -2.77. The van der Waals surface area contributed by atoms with Crippen LogP contribution >= 0.6 is 0 Å². The van der Waals surface area contributed by atoms with Crippen LogP contribution in [0.5, 0.6) is 0 Å². The number of hydrogen-bond donors (Lipinski definition) is 1. The fourth-order valence-corrected chi connectivity index (χ4v) is 3.63. The Labute approximate surface area is 137 Å². The van der Waals surface area contributed by atoms with Gasteiger partial charge in [0.05, 0.1) is 28.0 Å². The molecule has 0 spiro atoms. The van der Waals surface area contributed by atoms with Crippen LogP contribution in [0.1, 0.15) is 36.5 Å². The molecule has 1 saturated heterocycles. The summed E-state index contributed by atoms with van der Waals surface area (Å²) in [4.78, 5) is 47.9. The summed E-state index contributed by atoms with van der Waals surface area (Å²) in [5.74, 6) is -2.88. The second-order valence-corrected chi connectivity index (χ2v) is 6.41. The Bertz CT molecular complexity index is 759. The molecule has 3 atom stereocenters. The van der Waals surface area contributed by atoms with Crippen molar-refractivity contribution in [3.05, 3.63) is 33.9 Å². The van der Waals surface area contributed by atoms with Gasteiger partial charge in [0.2, 0.25) is 11.8 Å². The molecule has 1 aliphatic heterocycles. The van der Waals surface area contributed by atoms with E-state index in [4.69, 9.17) is 0 Å². The molecule has 0 aromatic heterocycles. The number of hydrogen-bond acceptors (Lipinski definition) is 5. The van der Waals surface area contributed by atoms with Gasteiger partial charge in [0.25, 0.3) is 5.69 Å². The number of nitrogens with zero attached hydrogens (tertiary/aromatic N) is 2. The average molecular weight is 332 g/mol. The zero-order valence-corrected chi connectivity index (χ0v) is 13.0. The van der Waals surface area contributed by atoms with Crippen molar-refractivity contribution in [3.8, 4) is 0 Å².